The van der Waals surface area contributed by atoms with Crippen molar-refractivity contribution in [2.24, 2.45) is 0 Å². The van der Waals surface area contributed by atoms with Gasteiger partial charge in [0.2, 0.25) is 0 Å². The molecule has 0 aromatic heterocycles. The van der Waals surface area contributed by atoms with Crippen molar-refractivity contribution in [2.75, 3.05) is 19.5 Å². The Balaban J connectivity index is 1.96. The molecule has 0 spiro atoms. The van der Waals surface area contributed by atoms with Gasteiger partial charge in [-0.1, -0.05) is 19.4 Å². The van der Waals surface area contributed by atoms with Crippen LogP contribution in [0.4, 0.5) is 5.69 Å². The topological polar surface area (TPSA) is 73.6 Å². The first-order valence-electron chi connectivity index (χ1n) is 8.07. The summed E-state index contributed by atoms with van der Waals surface area (Å²) in [5, 5.41) is 2.88. The van der Waals surface area contributed by atoms with Gasteiger partial charge in [-0.15, -0.1) is 0 Å². The maximum atomic E-state index is 12.1. The first kappa shape index (κ1) is 17.7. The summed E-state index contributed by atoms with van der Waals surface area (Å²) in [5.41, 5.74) is 7.78. The van der Waals surface area contributed by atoms with Crippen LogP contribution in [0.15, 0.2) is 42.5 Å². The minimum Gasteiger partial charge on any atom is -0.493 e. The second-order valence-corrected chi connectivity index (χ2v) is 5.49. The summed E-state index contributed by atoms with van der Waals surface area (Å²) in [5.74, 6) is 1.25. The second kappa shape index (κ2) is 8.82. The van der Waals surface area contributed by atoms with E-state index in [2.05, 4.69) is 12.2 Å². The van der Waals surface area contributed by atoms with E-state index in [1.165, 1.54) is 0 Å². The van der Waals surface area contributed by atoms with Crippen molar-refractivity contribution >= 4 is 11.6 Å². The van der Waals surface area contributed by atoms with Gasteiger partial charge in [-0.25, -0.2) is 0 Å². The number of nitrogens with one attached hydrogen (secondary N) is 1. The van der Waals surface area contributed by atoms with Gasteiger partial charge in [0.15, 0.2) is 11.5 Å². The molecule has 0 radical (unpaired) electrons. The fourth-order valence-corrected chi connectivity index (χ4v) is 2.19. The second-order valence-electron chi connectivity index (χ2n) is 5.49. The number of benzene rings is 2. The van der Waals surface area contributed by atoms with E-state index in [9.17, 15) is 4.79 Å². The molecule has 0 aliphatic heterocycles. The van der Waals surface area contributed by atoms with E-state index < -0.39 is 0 Å². The molecule has 0 bridgehead atoms. The number of amides is 1. The minimum absolute atomic E-state index is 0.141. The Kier molecular flexibility index (Phi) is 6.49. The summed E-state index contributed by atoms with van der Waals surface area (Å²) in [6.07, 6.45) is 2.08. The van der Waals surface area contributed by atoms with Gasteiger partial charge in [-0.05, 0) is 48.4 Å². The van der Waals surface area contributed by atoms with Crippen LogP contribution in [-0.2, 0) is 6.54 Å². The zero-order chi connectivity index (χ0) is 17.4. The number of nitrogens with two attached hydrogens (primary N) is 1. The summed E-state index contributed by atoms with van der Waals surface area (Å²) < 4.78 is 11.1. The maximum absolute atomic E-state index is 12.1. The molecule has 128 valence electrons. The zero-order valence-electron chi connectivity index (χ0n) is 14.2. The zero-order valence-corrected chi connectivity index (χ0v) is 14.2. The Labute approximate surface area is 142 Å². The van der Waals surface area contributed by atoms with Gasteiger partial charge in [0.25, 0.3) is 5.91 Å². The fourth-order valence-electron chi connectivity index (χ4n) is 2.19. The molecule has 0 unspecified atom stereocenters. The summed E-state index contributed by atoms with van der Waals surface area (Å²) in [4.78, 5) is 12.1. The minimum atomic E-state index is -0.141. The molecule has 0 saturated heterocycles. The Morgan fingerprint density at radius 1 is 1.12 bits per heavy atom. The van der Waals surface area contributed by atoms with Crippen LogP contribution in [0, 0.1) is 0 Å². The number of hydrogen-bond donors (Lipinski definition) is 2. The highest BCUT2D eigenvalue weighted by Gasteiger charge is 2.08. The van der Waals surface area contributed by atoms with Crippen molar-refractivity contribution in [3.8, 4) is 11.5 Å². The number of rotatable bonds is 8. The first-order valence-corrected chi connectivity index (χ1v) is 8.07. The molecule has 0 saturated carbocycles. The predicted molar refractivity (Wildman–Crippen MR) is 95.4 cm³/mol. The van der Waals surface area contributed by atoms with E-state index in [0.717, 1.165) is 24.2 Å². The number of carbonyl (C=O) groups excluding carboxylic acids is 1. The Bertz CT molecular complexity index is 669. The van der Waals surface area contributed by atoms with Crippen molar-refractivity contribution in [2.45, 2.75) is 26.3 Å². The van der Waals surface area contributed by atoms with E-state index in [0.29, 0.717) is 30.2 Å². The number of nitrogen functional groups attached to an aromatic ring is 1. The van der Waals surface area contributed by atoms with Gasteiger partial charge in [0.05, 0.1) is 13.7 Å². The molecule has 3 N–H and O–H groups in total. The van der Waals surface area contributed by atoms with Crippen LogP contribution in [0.2, 0.25) is 0 Å². The third-order valence-corrected chi connectivity index (χ3v) is 3.61. The van der Waals surface area contributed by atoms with E-state index in [-0.39, 0.29) is 5.91 Å². The number of carbonyl (C=O) groups is 1. The van der Waals surface area contributed by atoms with Crippen LogP contribution in [0.5, 0.6) is 11.5 Å². The molecule has 0 atom stereocenters. The number of anilines is 1. The molecule has 5 heteroatoms. The molecule has 0 aliphatic carbocycles. The van der Waals surface area contributed by atoms with Crippen molar-refractivity contribution in [1.82, 2.24) is 5.32 Å². The molecule has 1 amide bonds. The lowest BCUT2D eigenvalue weighted by Gasteiger charge is -2.12. The van der Waals surface area contributed by atoms with Gasteiger partial charge in [-0.2, -0.15) is 0 Å². The SMILES string of the molecule is CCCCOc1ccc(CNC(=O)c2ccc(N)cc2)cc1OC. The standard InChI is InChI=1S/C19H24N2O3/c1-3-4-11-24-17-10-5-14(12-18(17)23-2)13-21-19(22)15-6-8-16(20)9-7-15/h5-10,12H,3-4,11,13,20H2,1-2H3,(H,21,22). The van der Waals surface area contributed by atoms with Gasteiger partial charge >= 0.3 is 0 Å². The van der Waals surface area contributed by atoms with Crippen LogP contribution in [0.25, 0.3) is 0 Å². The van der Waals surface area contributed by atoms with E-state index in [1.807, 2.05) is 18.2 Å². The lowest BCUT2D eigenvalue weighted by molar-refractivity contribution is 0.0951. The van der Waals surface area contributed by atoms with Crippen molar-refractivity contribution in [3.05, 3.63) is 53.6 Å². The molecule has 0 fully saturated rings. The average molecular weight is 328 g/mol. The van der Waals surface area contributed by atoms with Gasteiger partial charge in [-0.3, -0.25) is 4.79 Å². The van der Waals surface area contributed by atoms with Gasteiger partial charge < -0.3 is 20.5 Å². The van der Waals surface area contributed by atoms with Crippen molar-refractivity contribution in [3.63, 3.8) is 0 Å². The number of unbranched alkanes of at least 4 members (excludes halogenated alkanes) is 1. The number of hydrogen-bond acceptors (Lipinski definition) is 4. The van der Waals surface area contributed by atoms with Crippen LogP contribution in [-0.4, -0.2) is 19.6 Å². The van der Waals surface area contributed by atoms with Crippen LogP contribution in [0.1, 0.15) is 35.7 Å². The number of methoxy groups -OCH3 is 1. The highest BCUT2D eigenvalue weighted by Crippen LogP contribution is 2.28. The Morgan fingerprint density at radius 3 is 2.54 bits per heavy atom. The van der Waals surface area contributed by atoms with Crippen LogP contribution >= 0.6 is 0 Å². The monoisotopic (exact) mass is 328 g/mol. The molecule has 2 aromatic rings. The van der Waals surface area contributed by atoms with Crippen LogP contribution < -0.4 is 20.5 Å². The van der Waals surface area contributed by atoms with Crippen LogP contribution in [0.3, 0.4) is 0 Å². The lowest BCUT2D eigenvalue weighted by atomic mass is 10.1. The Morgan fingerprint density at radius 2 is 1.88 bits per heavy atom. The summed E-state index contributed by atoms with van der Waals surface area (Å²) in [6, 6.07) is 12.5. The third kappa shape index (κ3) is 4.91. The molecule has 2 aromatic carbocycles. The normalized spacial score (nSPS) is 10.2. The molecule has 24 heavy (non-hydrogen) atoms. The smallest absolute Gasteiger partial charge is 0.251 e. The quantitative estimate of drug-likeness (QED) is 0.575. The number of ether oxygens (including phenoxy) is 2. The average Bonchev–Trinajstić information content (AvgIpc) is 2.61. The molecular weight excluding hydrogens is 304 g/mol. The fraction of sp³-hybridized carbons (Fsp3) is 0.316. The highest BCUT2D eigenvalue weighted by molar-refractivity contribution is 5.94. The molecule has 0 aliphatic rings. The summed E-state index contributed by atoms with van der Waals surface area (Å²) in [6.45, 7) is 3.20. The molecule has 2 rings (SSSR count). The highest BCUT2D eigenvalue weighted by atomic mass is 16.5. The van der Waals surface area contributed by atoms with Crippen molar-refractivity contribution in [1.29, 1.82) is 0 Å². The summed E-state index contributed by atoms with van der Waals surface area (Å²) >= 11 is 0. The lowest BCUT2D eigenvalue weighted by Crippen LogP contribution is -2.22. The third-order valence-electron chi connectivity index (χ3n) is 3.61. The summed E-state index contributed by atoms with van der Waals surface area (Å²) in [7, 11) is 1.61. The van der Waals surface area contributed by atoms with Crippen molar-refractivity contribution < 1.29 is 14.3 Å². The largest absolute Gasteiger partial charge is 0.493 e. The predicted octanol–water partition coefficient (Wildman–Crippen LogP) is 3.39. The van der Waals surface area contributed by atoms with Gasteiger partial charge in [0, 0.05) is 17.8 Å². The van der Waals surface area contributed by atoms with E-state index in [4.69, 9.17) is 15.2 Å². The Hall–Kier alpha value is -2.69. The maximum Gasteiger partial charge on any atom is 0.251 e. The molecule has 5 nitrogen and oxygen atoms in total. The van der Waals surface area contributed by atoms with Gasteiger partial charge in [0.1, 0.15) is 0 Å². The van der Waals surface area contributed by atoms with E-state index >= 15 is 0 Å². The molecular formula is C19H24N2O3. The first-order chi connectivity index (χ1) is 11.6. The van der Waals surface area contributed by atoms with E-state index in [1.54, 1.807) is 31.4 Å². The molecule has 0 heterocycles.